The number of thioether (sulfide) groups is 1. The van der Waals surface area contributed by atoms with E-state index in [4.69, 9.17) is 11.6 Å². The third-order valence-corrected chi connectivity index (χ3v) is 6.49. The van der Waals surface area contributed by atoms with Crippen molar-refractivity contribution in [1.29, 1.82) is 0 Å². The van der Waals surface area contributed by atoms with Crippen molar-refractivity contribution >= 4 is 29.3 Å². The van der Waals surface area contributed by atoms with Crippen LogP contribution in [0.25, 0.3) is 17.1 Å². The second-order valence-electron chi connectivity index (χ2n) is 7.39. The van der Waals surface area contributed by atoms with Crippen molar-refractivity contribution in [2.24, 2.45) is 0 Å². The maximum absolute atomic E-state index is 14.0. The van der Waals surface area contributed by atoms with Gasteiger partial charge in [0.1, 0.15) is 5.82 Å². The van der Waals surface area contributed by atoms with Crippen LogP contribution in [0.1, 0.15) is 11.1 Å². The number of benzene rings is 2. The Labute approximate surface area is 200 Å². The fourth-order valence-electron chi connectivity index (χ4n) is 3.31. The maximum atomic E-state index is 14.0. The zero-order valence-corrected chi connectivity index (χ0v) is 19.6. The number of rotatable bonds is 7. The van der Waals surface area contributed by atoms with Crippen LogP contribution in [0.4, 0.5) is 4.39 Å². The summed E-state index contributed by atoms with van der Waals surface area (Å²) in [6.07, 6.45) is 3.38. The average Bonchev–Trinajstić information content (AvgIpc) is 3.25. The van der Waals surface area contributed by atoms with E-state index in [0.717, 1.165) is 16.8 Å². The van der Waals surface area contributed by atoms with Gasteiger partial charge in [0, 0.05) is 42.1 Å². The van der Waals surface area contributed by atoms with E-state index in [1.54, 1.807) is 37.6 Å². The molecule has 4 aromatic rings. The number of pyridine rings is 1. The summed E-state index contributed by atoms with van der Waals surface area (Å²) in [6, 6.07) is 15.8. The smallest absolute Gasteiger partial charge is 0.233 e. The Balaban J connectivity index is 1.60. The van der Waals surface area contributed by atoms with E-state index in [9.17, 15) is 9.18 Å². The highest BCUT2D eigenvalue weighted by atomic mass is 35.5. The molecule has 0 aliphatic carbocycles. The van der Waals surface area contributed by atoms with Gasteiger partial charge in [-0.05, 0) is 42.8 Å². The van der Waals surface area contributed by atoms with Crippen molar-refractivity contribution < 1.29 is 9.18 Å². The largest absolute Gasteiger partial charge is 0.341 e. The van der Waals surface area contributed by atoms with E-state index in [1.165, 1.54) is 22.7 Å². The first-order valence-electron chi connectivity index (χ1n) is 10.2. The lowest BCUT2D eigenvalue weighted by atomic mass is 10.2. The number of halogens is 2. The number of carbonyl (C=O) groups is 1. The molecule has 2 heterocycles. The minimum Gasteiger partial charge on any atom is -0.341 e. The van der Waals surface area contributed by atoms with Crippen LogP contribution in [0.5, 0.6) is 0 Å². The lowest BCUT2D eigenvalue weighted by Gasteiger charge is -2.18. The Morgan fingerprint density at radius 1 is 1.09 bits per heavy atom. The molecular formula is C24H21ClFN5OS. The van der Waals surface area contributed by atoms with Gasteiger partial charge in [-0.2, -0.15) is 0 Å². The van der Waals surface area contributed by atoms with Crippen molar-refractivity contribution in [2.75, 3.05) is 12.8 Å². The van der Waals surface area contributed by atoms with Gasteiger partial charge in [0.15, 0.2) is 11.0 Å². The van der Waals surface area contributed by atoms with Gasteiger partial charge in [0.05, 0.1) is 11.4 Å². The minimum atomic E-state index is -0.331. The fourth-order valence-corrected chi connectivity index (χ4v) is 4.37. The van der Waals surface area contributed by atoms with E-state index >= 15 is 0 Å². The Kier molecular flexibility index (Phi) is 7.05. The molecule has 0 saturated carbocycles. The number of carbonyl (C=O) groups excluding carboxylic acids is 1. The van der Waals surface area contributed by atoms with Crippen molar-refractivity contribution in [1.82, 2.24) is 24.6 Å². The molecule has 1 amide bonds. The van der Waals surface area contributed by atoms with Crippen LogP contribution in [0.2, 0.25) is 5.02 Å². The molecule has 2 aromatic carbocycles. The van der Waals surface area contributed by atoms with Gasteiger partial charge in [-0.1, -0.05) is 47.6 Å². The van der Waals surface area contributed by atoms with Gasteiger partial charge in [0.25, 0.3) is 0 Å². The molecule has 2 aromatic heterocycles. The number of amides is 1. The number of hydrogen-bond acceptors (Lipinski definition) is 5. The first kappa shape index (κ1) is 22.9. The SMILES string of the molecule is Cc1c(Cl)cccc1-n1c(SCC(=O)N(C)Cc2ccccc2F)nnc1-c1ccncc1. The second-order valence-corrected chi connectivity index (χ2v) is 8.74. The quantitative estimate of drug-likeness (QED) is 0.340. The molecule has 0 aliphatic rings. The number of hydrogen-bond donors (Lipinski definition) is 0. The second kappa shape index (κ2) is 10.1. The molecule has 0 bridgehead atoms. The molecule has 0 saturated heterocycles. The van der Waals surface area contributed by atoms with Crippen LogP contribution in [-0.2, 0) is 11.3 Å². The zero-order chi connectivity index (χ0) is 23.4. The summed E-state index contributed by atoms with van der Waals surface area (Å²) < 4.78 is 15.9. The Bertz CT molecular complexity index is 1280. The first-order valence-corrected chi connectivity index (χ1v) is 11.5. The molecule has 4 rings (SSSR count). The Morgan fingerprint density at radius 2 is 1.85 bits per heavy atom. The molecule has 6 nitrogen and oxygen atoms in total. The molecule has 0 radical (unpaired) electrons. The first-order chi connectivity index (χ1) is 16.0. The van der Waals surface area contributed by atoms with E-state index < -0.39 is 0 Å². The zero-order valence-electron chi connectivity index (χ0n) is 18.1. The average molecular weight is 482 g/mol. The highest BCUT2D eigenvalue weighted by Gasteiger charge is 2.20. The predicted molar refractivity (Wildman–Crippen MR) is 128 cm³/mol. The number of nitrogens with zero attached hydrogens (tertiary/aromatic N) is 5. The van der Waals surface area contributed by atoms with Crippen LogP contribution in [0.3, 0.4) is 0 Å². The van der Waals surface area contributed by atoms with Crippen LogP contribution in [0, 0.1) is 12.7 Å². The van der Waals surface area contributed by atoms with E-state index in [2.05, 4.69) is 15.2 Å². The Morgan fingerprint density at radius 3 is 2.61 bits per heavy atom. The van der Waals surface area contributed by atoms with E-state index in [1.807, 2.05) is 41.8 Å². The normalized spacial score (nSPS) is 10.9. The summed E-state index contributed by atoms with van der Waals surface area (Å²) in [6.45, 7) is 2.12. The molecule has 0 aliphatic heterocycles. The van der Waals surface area contributed by atoms with Gasteiger partial charge in [0.2, 0.25) is 5.91 Å². The van der Waals surface area contributed by atoms with Crippen LogP contribution < -0.4 is 0 Å². The molecule has 0 N–H and O–H groups in total. The number of aromatic nitrogens is 4. The molecule has 0 fully saturated rings. The van der Waals surface area contributed by atoms with Gasteiger partial charge in [-0.15, -0.1) is 10.2 Å². The van der Waals surface area contributed by atoms with Crippen molar-refractivity contribution in [3.05, 3.63) is 89.0 Å². The molecule has 33 heavy (non-hydrogen) atoms. The fraction of sp³-hybridized carbons (Fsp3) is 0.167. The molecular weight excluding hydrogens is 461 g/mol. The molecule has 168 valence electrons. The highest BCUT2D eigenvalue weighted by Crippen LogP contribution is 2.31. The molecule has 0 spiro atoms. The summed E-state index contributed by atoms with van der Waals surface area (Å²) in [5, 5.41) is 9.91. The topological polar surface area (TPSA) is 63.9 Å². The lowest BCUT2D eigenvalue weighted by molar-refractivity contribution is -0.127. The highest BCUT2D eigenvalue weighted by molar-refractivity contribution is 7.99. The van der Waals surface area contributed by atoms with Gasteiger partial charge in [-0.25, -0.2) is 4.39 Å². The minimum absolute atomic E-state index is 0.124. The van der Waals surface area contributed by atoms with Crippen LogP contribution in [0.15, 0.2) is 72.1 Å². The summed E-state index contributed by atoms with van der Waals surface area (Å²) in [5.74, 6) is 0.269. The summed E-state index contributed by atoms with van der Waals surface area (Å²) in [5.41, 5.74) is 3.01. The third-order valence-electron chi connectivity index (χ3n) is 5.17. The monoisotopic (exact) mass is 481 g/mol. The van der Waals surface area contributed by atoms with Gasteiger partial charge in [-0.3, -0.25) is 14.3 Å². The molecule has 9 heteroatoms. The van der Waals surface area contributed by atoms with Crippen LogP contribution >= 0.6 is 23.4 Å². The third kappa shape index (κ3) is 5.07. The Hall–Kier alpha value is -3.23. The maximum Gasteiger partial charge on any atom is 0.233 e. The van der Waals surface area contributed by atoms with Gasteiger partial charge >= 0.3 is 0 Å². The van der Waals surface area contributed by atoms with E-state index in [0.29, 0.717) is 21.6 Å². The molecule has 0 unspecified atom stereocenters. The van der Waals surface area contributed by atoms with Gasteiger partial charge < -0.3 is 4.90 Å². The summed E-state index contributed by atoms with van der Waals surface area (Å²) in [7, 11) is 1.66. The van der Waals surface area contributed by atoms with Crippen LogP contribution in [-0.4, -0.2) is 43.4 Å². The summed E-state index contributed by atoms with van der Waals surface area (Å²) in [4.78, 5) is 18.3. The van der Waals surface area contributed by atoms with Crippen molar-refractivity contribution in [3.63, 3.8) is 0 Å². The lowest BCUT2D eigenvalue weighted by Crippen LogP contribution is -2.28. The van der Waals surface area contributed by atoms with Crippen molar-refractivity contribution in [3.8, 4) is 17.1 Å². The van der Waals surface area contributed by atoms with E-state index in [-0.39, 0.29) is 24.0 Å². The van der Waals surface area contributed by atoms with Crippen molar-refractivity contribution in [2.45, 2.75) is 18.6 Å². The predicted octanol–water partition coefficient (Wildman–Crippen LogP) is 5.18. The standard InChI is InChI=1S/C24H21ClFN5OS/c1-16-19(25)7-5-9-21(16)31-23(17-10-12-27-13-11-17)28-29-24(31)33-15-22(32)30(2)14-18-6-3-4-8-20(18)26/h3-13H,14-15H2,1-2H3. The molecule has 0 atom stereocenters. The summed E-state index contributed by atoms with van der Waals surface area (Å²) >= 11 is 7.65.